The van der Waals surface area contributed by atoms with E-state index in [-0.39, 0.29) is 12.0 Å². The molecule has 0 saturated heterocycles. The Morgan fingerprint density at radius 1 is 1.50 bits per heavy atom. The summed E-state index contributed by atoms with van der Waals surface area (Å²) < 4.78 is 10.8. The molecule has 128 valence electrons. The number of hydrogen-bond donors (Lipinski definition) is 1. The van der Waals surface area contributed by atoms with E-state index in [0.29, 0.717) is 29.6 Å². The van der Waals surface area contributed by atoms with E-state index in [9.17, 15) is 4.79 Å². The molecule has 24 heavy (non-hydrogen) atoms. The Bertz CT molecular complexity index is 685. The number of allylic oxidation sites excluding steroid dienone is 1. The van der Waals surface area contributed by atoms with Crippen LogP contribution in [-0.4, -0.2) is 36.2 Å². The second-order valence-corrected chi connectivity index (χ2v) is 5.72. The molecule has 0 spiro atoms. The van der Waals surface area contributed by atoms with Gasteiger partial charge in [-0.15, -0.1) is 0 Å². The van der Waals surface area contributed by atoms with E-state index in [0.717, 1.165) is 11.3 Å². The fourth-order valence-electron chi connectivity index (χ4n) is 2.50. The van der Waals surface area contributed by atoms with Gasteiger partial charge >= 0.3 is 5.97 Å². The number of nitrogens with zero attached hydrogens (tertiary/aromatic N) is 1. The number of carbonyl (C=O) groups is 1. The summed E-state index contributed by atoms with van der Waals surface area (Å²) >= 11 is 5.37. The van der Waals surface area contributed by atoms with Gasteiger partial charge in [0.25, 0.3) is 0 Å². The monoisotopic (exact) mass is 346 g/mol. The van der Waals surface area contributed by atoms with Gasteiger partial charge in [0.15, 0.2) is 5.11 Å². The van der Waals surface area contributed by atoms with Crippen molar-refractivity contribution in [3.63, 3.8) is 0 Å². The van der Waals surface area contributed by atoms with Crippen LogP contribution in [0.1, 0.15) is 25.5 Å². The molecular formula is C18H22N2O3S. The van der Waals surface area contributed by atoms with Crippen LogP contribution in [0, 0.1) is 0 Å². The molecule has 0 aliphatic carbocycles. The lowest BCUT2D eigenvalue weighted by molar-refractivity contribution is -0.139. The molecule has 0 unspecified atom stereocenters. The van der Waals surface area contributed by atoms with Gasteiger partial charge in [-0.1, -0.05) is 24.8 Å². The van der Waals surface area contributed by atoms with Gasteiger partial charge < -0.3 is 19.7 Å². The number of nitrogens with one attached hydrogen (secondary N) is 1. The molecule has 6 heteroatoms. The number of rotatable bonds is 6. The third kappa shape index (κ3) is 3.76. The Morgan fingerprint density at radius 2 is 2.25 bits per heavy atom. The SMILES string of the molecule is C=CCOc1cccc([C@@H]2NC(=S)N(C)C(C)=C2C(=O)OCC)c1. The maximum absolute atomic E-state index is 12.5. The van der Waals surface area contributed by atoms with Gasteiger partial charge in [0.2, 0.25) is 0 Å². The lowest BCUT2D eigenvalue weighted by Crippen LogP contribution is -2.46. The van der Waals surface area contributed by atoms with Gasteiger partial charge in [-0.05, 0) is 43.8 Å². The average Bonchev–Trinajstić information content (AvgIpc) is 2.58. The third-order valence-electron chi connectivity index (χ3n) is 3.81. The summed E-state index contributed by atoms with van der Waals surface area (Å²) in [6, 6.07) is 7.19. The van der Waals surface area contributed by atoms with Gasteiger partial charge in [0.1, 0.15) is 12.4 Å². The molecular weight excluding hydrogens is 324 g/mol. The maximum atomic E-state index is 12.5. The highest BCUT2D eigenvalue weighted by molar-refractivity contribution is 7.80. The van der Waals surface area contributed by atoms with Gasteiger partial charge in [-0.3, -0.25) is 0 Å². The fourth-order valence-corrected chi connectivity index (χ4v) is 2.75. The van der Waals surface area contributed by atoms with Crippen LogP contribution in [-0.2, 0) is 9.53 Å². The van der Waals surface area contributed by atoms with Crippen molar-refractivity contribution in [2.45, 2.75) is 19.9 Å². The van der Waals surface area contributed by atoms with Crippen LogP contribution in [0.3, 0.4) is 0 Å². The predicted molar refractivity (Wildman–Crippen MR) is 97.7 cm³/mol. The summed E-state index contributed by atoms with van der Waals surface area (Å²) in [6.07, 6.45) is 1.68. The summed E-state index contributed by atoms with van der Waals surface area (Å²) in [4.78, 5) is 14.2. The van der Waals surface area contributed by atoms with E-state index in [4.69, 9.17) is 21.7 Å². The molecule has 1 aromatic rings. The highest BCUT2D eigenvalue weighted by Gasteiger charge is 2.33. The van der Waals surface area contributed by atoms with Crippen molar-refractivity contribution in [1.29, 1.82) is 0 Å². The minimum Gasteiger partial charge on any atom is -0.490 e. The molecule has 0 amide bonds. The Morgan fingerprint density at radius 3 is 2.92 bits per heavy atom. The minimum absolute atomic E-state index is 0.318. The molecule has 0 fully saturated rings. The molecule has 0 radical (unpaired) electrons. The molecule has 1 heterocycles. The van der Waals surface area contributed by atoms with Crippen molar-refractivity contribution >= 4 is 23.3 Å². The molecule has 1 aromatic carbocycles. The number of carbonyl (C=O) groups excluding carboxylic acids is 1. The van der Waals surface area contributed by atoms with Crippen molar-refractivity contribution in [2.24, 2.45) is 0 Å². The van der Waals surface area contributed by atoms with E-state index < -0.39 is 0 Å². The molecule has 0 aromatic heterocycles. The van der Waals surface area contributed by atoms with E-state index in [1.165, 1.54) is 0 Å². The van der Waals surface area contributed by atoms with Gasteiger partial charge in [-0.25, -0.2) is 4.79 Å². The van der Waals surface area contributed by atoms with Crippen LogP contribution in [0.25, 0.3) is 0 Å². The summed E-state index contributed by atoms with van der Waals surface area (Å²) in [6.45, 7) is 8.04. The average molecular weight is 346 g/mol. The van der Waals surface area contributed by atoms with Gasteiger partial charge in [0.05, 0.1) is 18.2 Å². The number of thiocarbonyl (C=S) groups is 1. The Kier molecular flexibility index (Phi) is 5.98. The molecule has 0 saturated carbocycles. The Labute approximate surface area is 147 Å². The minimum atomic E-state index is -0.375. The first kappa shape index (κ1) is 18.0. The highest BCUT2D eigenvalue weighted by Crippen LogP contribution is 2.32. The number of benzene rings is 1. The van der Waals surface area contributed by atoms with Crippen molar-refractivity contribution in [3.05, 3.63) is 53.8 Å². The first-order valence-electron chi connectivity index (χ1n) is 7.75. The third-order valence-corrected chi connectivity index (χ3v) is 4.20. The molecule has 2 rings (SSSR count). The van der Waals surface area contributed by atoms with Crippen LogP contribution in [0.15, 0.2) is 48.2 Å². The Hall–Kier alpha value is -2.34. The largest absolute Gasteiger partial charge is 0.490 e. The lowest BCUT2D eigenvalue weighted by Gasteiger charge is -2.35. The van der Waals surface area contributed by atoms with E-state index in [1.54, 1.807) is 17.9 Å². The standard InChI is InChI=1S/C18H22N2O3S/c1-5-10-23-14-9-7-8-13(11-14)16-15(17(21)22-6-2)12(3)20(4)18(24)19-16/h5,7-9,11,16H,1,6,10H2,2-4H3,(H,19,24)/t16-/m0/s1. The van der Waals surface area contributed by atoms with Crippen molar-refractivity contribution in [3.8, 4) is 5.75 Å². The van der Waals surface area contributed by atoms with Crippen molar-refractivity contribution in [2.75, 3.05) is 20.3 Å². The zero-order valence-electron chi connectivity index (χ0n) is 14.2. The number of ether oxygens (including phenoxy) is 2. The first-order valence-corrected chi connectivity index (χ1v) is 8.16. The molecule has 0 bridgehead atoms. The Balaban J connectivity index is 2.43. The quantitative estimate of drug-likeness (QED) is 0.486. The van der Waals surface area contributed by atoms with E-state index in [1.807, 2.05) is 38.2 Å². The van der Waals surface area contributed by atoms with Crippen LogP contribution < -0.4 is 10.1 Å². The van der Waals surface area contributed by atoms with Gasteiger partial charge in [0, 0.05) is 12.7 Å². The summed E-state index contributed by atoms with van der Waals surface area (Å²) in [5, 5.41) is 3.77. The number of esters is 1. The van der Waals surface area contributed by atoms with Crippen LogP contribution >= 0.6 is 12.2 Å². The zero-order valence-corrected chi connectivity index (χ0v) is 15.0. The molecule has 1 aliphatic rings. The van der Waals surface area contributed by atoms with Crippen molar-refractivity contribution in [1.82, 2.24) is 10.2 Å². The molecule has 1 atom stereocenters. The predicted octanol–water partition coefficient (Wildman–Crippen LogP) is 2.95. The number of hydrogen-bond acceptors (Lipinski definition) is 4. The topological polar surface area (TPSA) is 50.8 Å². The van der Waals surface area contributed by atoms with Crippen LogP contribution in [0.4, 0.5) is 0 Å². The smallest absolute Gasteiger partial charge is 0.338 e. The first-order chi connectivity index (χ1) is 11.5. The zero-order chi connectivity index (χ0) is 17.7. The fraction of sp³-hybridized carbons (Fsp3) is 0.333. The van der Waals surface area contributed by atoms with E-state index in [2.05, 4.69) is 11.9 Å². The second-order valence-electron chi connectivity index (χ2n) is 5.33. The lowest BCUT2D eigenvalue weighted by atomic mass is 9.95. The summed E-state index contributed by atoms with van der Waals surface area (Å²) in [5.41, 5.74) is 2.21. The maximum Gasteiger partial charge on any atom is 0.338 e. The van der Waals surface area contributed by atoms with Crippen LogP contribution in [0.5, 0.6) is 5.75 Å². The van der Waals surface area contributed by atoms with Crippen LogP contribution in [0.2, 0.25) is 0 Å². The molecule has 1 aliphatic heterocycles. The van der Waals surface area contributed by atoms with Crippen molar-refractivity contribution < 1.29 is 14.3 Å². The van der Waals surface area contributed by atoms with Gasteiger partial charge in [-0.2, -0.15) is 0 Å². The molecule has 1 N–H and O–H groups in total. The summed E-state index contributed by atoms with van der Waals surface area (Å²) in [5.74, 6) is 0.360. The molecule has 5 nitrogen and oxygen atoms in total. The van der Waals surface area contributed by atoms with E-state index >= 15 is 0 Å². The highest BCUT2D eigenvalue weighted by atomic mass is 32.1. The summed E-state index contributed by atoms with van der Waals surface area (Å²) in [7, 11) is 1.82. The normalized spacial score (nSPS) is 17.4. The second kappa shape index (κ2) is 7.97.